The van der Waals surface area contributed by atoms with Gasteiger partial charge in [0.1, 0.15) is 0 Å². The highest BCUT2D eigenvalue weighted by Gasteiger charge is 2.44. The molecule has 0 amide bonds. The maximum atomic E-state index is 6.44. The molecule has 6 unspecified atom stereocenters. The van der Waals surface area contributed by atoms with E-state index in [1.54, 1.807) is 0 Å². The largest absolute Gasteiger partial charge is 0.328 e. The Hall–Kier alpha value is -0.420. The van der Waals surface area contributed by atoms with Crippen molar-refractivity contribution in [2.45, 2.75) is 62.7 Å². The van der Waals surface area contributed by atoms with Crippen LogP contribution in [0.4, 0.5) is 0 Å². The topological polar surface area (TPSA) is 104 Å². The van der Waals surface area contributed by atoms with Crippen LogP contribution in [0.3, 0.4) is 0 Å². The van der Waals surface area contributed by atoms with Crippen molar-refractivity contribution in [1.82, 2.24) is 0 Å². The molecule has 0 bridgehead atoms. The van der Waals surface area contributed by atoms with Crippen molar-refractivity contribution in [1.29, 1.82) is 0 Å². The van der Waals surface area contributed by atoms with Crippen molar-refractivity contribution in [2.75, 3.05) is 0 Å². The average Bonchev–Trinajstić information content (AvgIpc) is 2.26. The maximum Gasteiger partial charge on any atom is 0.0343 e. The van der Waals surface area contributed by atoms with E-state index in [1.807, 2.05) is 6.08 Å². The minimum atomic E-state index is -0.321. The first-order valence-electron chi connectivity index (χ1n) is 7.00. The molecule has 6 atom stereocenters. The molecule has 104 valence electrons. The standard InChI is InChI=1S/C14H28N4/c1-13(17)5-6-14(2,18)11(8-13)10-7-9(15)3-4-12(10)16/h5-6,9-12H,3-4,7-8,15-18H2,1-2H3. The van der Waals surface area contributed by atoms with Gasteiger partial charge in [-0.05, 0) is 51.4 Å². The fourth-order valence-corrected chi connectivity index (χ4v) is 3.59. The third-order valence-corrected chi connectivity index (χ3v) is 4.79. The van der Waals surface area contributed by atoms with Crippen molar-refractivity contribution in [3.63, 3.8) is 0 Å². The van der Waals surface area contributed by atoms with Crippen LogP contribution in [-0.4, -0.2) is 23.2 Å². The zero-order valence-electron chi connectivity index (χ0n) is 11.6. The Labute approximate surface area is 110 Å². The molecule has 2 rings (SSSR count). The number of rotatable bonds is 1. The zero-order valence-corrected chi connectivity index (χ0v) is 11.6. The molecular formula is C14H28N4. The van der Waals surface area contributed by atoms with Crippen molar-refractivity contribution in [3.8, 4) is 0 Å². The van der Waals surface area contributed by atoms with E-state index in [4.69, 9.17) is 22.9 Å². The van der Waals surface area contributed by atoms with Gasteiger partial charge in [0.25, 0.3) is 0 Å². The van der Waals surface area contributed by atoms with Gasteiger partial charge in [0.15, 0.2) is 0 Å². The van der Waals surface area contributed by atoms with Crippen LogP contribution in [0.2, 0.25) is 0 Å². The molecule has 4 nitrogen and oxygen atoms in total. The molecule has 2 aliphatic rings. The molecule has 0 aliphatic heterocycles. The van der Waals surface area contributed by atoms with Crippen LogP contribution in [0.25, 0.3) is 0 Å². The second-order valence-electron chi connectivity index (χ2n) is 6.92. The lowest BCUT2D eigenvalue weighted by Gasteiger charge is -2.48. The molecule has 0 heterocycles. The molecule has 2 aliphatic carbocycles. The second-order valence-corrected chi connectivity index (χ2v) is 6.92. The third-order valence-electron chi connectivity index (χ3n) is 4.79. The fourth-order valence-electron chi connectivity index (χ4n) is 3.59. The van der Waals surface area contributed by atoms with E-state index < -0.39 is 0 Å². The minimum absolute atomic E-state index is 0.208. The first-order valence-corrected chi connectivity index (χ1v) is 7.00. The van der Waals surface area contributed by atoms with Gasteiger partial charge in [-0.15, -0.1) is 0 Å². The van der Waals surface area contributed by atoms with Crippen LogP contribution in [0.1, 0.15) is 39.5 Å². The molecule has 0 aromatic heterocycles. The van der Waals surface area contributed by atoms with Crippen molar-refractivity contribution in [3.05, 3.63) is 12.2 Å². The molecule has 0 spiro atoms. The monoisotopic (exact) mass is 252 g/mol. The van der Waals surface area contributed by atoms with Crippen LogP contribution < -0.4 is 22.9 Å². The second kappa shape index (κ2) is 4.60. The molecule has 1 fully saturated rings. The van der Waals surface area contributed by atoms with E-state index in [-0.39, 0.29) is 23.2 Å². The SMILES string of the molecule is CC1(N)C=CC(C)(N)C(C2CC(N)CCC2N)C1. The van der Waals surface area contributed by atoms with E-state index >= 15 is 0 Å². The van der Waals surface area contributed by atoms with Crippen LogP contribution in [-0.2, 0) is 0 Å². The highest BCUT2D eigenvalue weighted by molar-refractivity contribution is 5.20. The van der Waals surface area contributed by atoms with Crippen molar-refractivity contribution >= 4 is 0 Å². The van der Waals surface area contributed by atoms with Gasteiger partial charge in [-0.1, -0.05) is 12.2 Å². The summed E-state index contributed by atoms with van der Waals surface area (Å²) in [5, 5.41) is 0. The summed E-state index contributed by atoms with van der Waals surface area (Å²) >= 11 is 0. The normalized spacial score (nSPS) is 53.4. The molecule has 0 aromatic rings. The number of hydrogen-bond acceptors (Lipinski definition) is 4. The Morgan fingerprint density at radius 3 is 2.39 bits per heavy atom. The van der Waals surface area contributed by atoms with Gasteiger partial charge in [-0.25, -0.2) is 0 Å². The summed E-state index contributed by atoms with van der Waals surface area (Å²) in [6, 6.07) is 0.473. The van der Waals surface area contributed by atoms with Crippen LogP contribution >= 0.6 is 0 Å². The Bertz CT molecular complexity index is 335. The molecule has 1 saturated carbocycles. The molecule has 0 aromatic carbocycles. The smallest absolute Gasteiger partial charge is 0.0343 e. The number of nitrogens with two attached hydrogens (primary N) is 4. The van der Waals surface area contributed by atoms with E-state index in [9.17, 15) is 0 Å². The Morgan fingerprint density at radius 2 is 1.72 bits per heavy atom. The lowest BCUT2D eigenvalue weighted by Crippen LogP contribution is -2.58. The lowest BCUT2D eigenvalue weighted by atomic mass is 9.62. The summed E-state index contributed by atoms with van der Waals surface area (Å²) in [5.41, 5.74) is 24.5. The third kappa shape index (κ3) is 2.77. The Balaban J connectivity index is 2.22. The van der Waals surface area contributed by atoms with Crippen LogP contribution in [0, 0.1) is 11.8 Å². The summed E-state index contributed by atoms with van der Waals surface area (Å²) < 4.78 is 0. The van der Waals surface area contributed by atoms with E-state index in [2.05, 4.69) is 19.9 Å². The van der Waals surface area contributed by atoms with Crippen molar-refractivity contribution < 1.29 is 0 Å². The molecule has 0 saturated heterocycles. The highest BCUT2D eigenvalue weighted by Crippen LogP contribution is 2.41. The molecular weight excluding hydrogens is 224 g/mol. The van der Waals surface area contributed by atoms with Gasteiger partial charge in [-0.2, -0.15) is 0 Å². The molecule has 0 radical (unpaired) electrons. The quantitative estimate of drug-likeness (QED) is 0.509. The van der Waals surface area contributed by atoms with Crippen LogP contribution in [0.15, 0.2) is 12.2 Å². The van der Waals surface area contributed by atoms with Crippen LogP contribution in [0.5, 0.6) is 0 Å². The minimum Gasteiger partial charge on any atom is -0.328 e. The van der Waals surface area contributed by atoms with E-state index in [0.29, 0.717) is 11.8 Å². The fraction of sp³-hybridized carbons (Fsp3) is 0.857. The van der Waals surface area contributed by atoms with E-state index in [1.165, 1.54) is 0 Å². The lowest BCUT2D eigenvalue weighted by molar-refractivity contribution is 0.121. The Kier molecular flexibility index (Phi) is 3.58. The van der Waals surface area contributed by atoms with Crippen molar-refractivity contribution in [2.24, 2.45) is 34.8 Å². The first kappa shape index (κ1) is 14.0. The first-order chi connectivity index (χ1) is 8.21. The molecule has 4 heteroatoms. The van der Waals surface area contributed by atoms with Gasteiger partial charge in [-0.3, -0.25) is 0 Å². The highest BCUT2D eigenvalue weighted by atomic mass is 14.8. The Morgan fingerprint density at radius 1 is 1.06 bits per heavy atom. The van der Waals surface area contributed by atoms with Gasteiger partial charge >= 0.3 is 0 Å². The van der Waals surface area contributed by atoms with Gasteiger partial charge in [0.2, 0.25) is 0 Å². The summed E-state index contributed by atoms with van der Waals surface area (Å²) in [6.07, 6.45) is 8.00. The molecule has 8 N–H and O–H groups in total. The summed E-state index contributed by atoms with van der Waals surface area (Å²) in [5.74, 6) is 0.704. The average molecular weight is 252 g/mol. The zero-order chi connectivity index (χ0) is 13.6. The molecule has 18 heavy (non-hydrogen) atoms. The van der Waals surface area contributed by atoms with Gasteiger partial charge in [0.05, 0.1) is 0 Å². The predicted molar refractivity (Wildman–Crippen MR) is 75.7 cm³/mol. The van der Waals surface area contributed by atoms with Gasteiger partial charge < -0.3 is 22.9 Å². The summed E-state index contributed by atoms with van der Waals surface area (Å²) in [7, 11) is 0. The van der Waals surface area contributed by atoms with E-state index in [0.717, 1.165) is 25.7 Å². The van der Waals surface area contributed by atoms with Gasteiger partial charge in [0, 0.05) is 23.2 Å². The summed E-state index contributed by atoms with van der Waals surface area (Å²) in [4.78, 5) is 0. The maximum absolute atomic E-state index is 6.44. The summed E-state index contributed by atoms with van der Waals surface area (Å²) in [6.45, 7) is 4.14. The predicted octanol–water partition coefficient (Wildman–Crippen LogP) is 0.452. The number of hydrogen-bond donors (Lipinski definition) is 4.